The van der Waals surface area contributed by atoms with E-state index in [4.69, 9.17) is 4.74 Å². The number of hydrogen-bond donors (Lipinski definition) is 0. The van der Waals surface area contributed by atoms with Gasteiger partial charge in [0.15, 0.2) is 6.10 Å². The number of piperidine rings is 1. The summed E-state index contributed by atoms with van der Waals surface area (Å²) < 4.78 is 33.0. The predicted octanol–water partition coefficient (Wildman–Crippen LogP) is 3.48. The average molecular weight is 485 g/mol. The highest BCUT2D eigenvalue weighted by Gasteiger charge is 2.32. The molecule has 0 spiro atoms. The van der Waals surface area contributed by atoms with Crippen molar-refractivity contribution in [3.05, 3.63) is 65.2 Å². The molecule has 2 aliphatic rings. The average Bonchev–Trinajstić information content (AvgIpc) is 2.82. The molecular weight excluding hydrogens is 452 g/mol. The van der Waals surface area contributed by atoms with Gasteiger partial charge in [0.1, 0.15) is 0 Å². The van der Waals surface area contributed by atoms with Crippen LogP contribution in [0.1, 0.15) is 48.7 Å². The molecule has 2 heterocycles. The van der Waals surface area contributed by atoms with E-state index in [1.54, 1.807) is 11.8 Å². The SMILES string of the molecule is C[C@@H]1C[C@@H](C)CN(S(=O)(=O)c2ccc(C(=O)O[C@@H](C)C(=O)N3CCc4ccccc4C3)cc2)C1. The summed E-state index contributed by atoms with van der Waals surface area (Å²) in [6, 6.07) is 13.8. The Kier molecular flexibility index (Phi) is 7.09. The number of ether oxygens (including phenoxy) is 1. The number of hydrogen-bond acceptors (Lipinski definition) is 5. The monoisotopic (exact) mass is 484 g/mol. The van der Waals surface area contributed by atoms with Gasteiger partial charge in [-0.25, -0.2) is 13.2 Å². The third-order valence-corrected chi connectivity index (χ3v) is 8.48. The maximum atomic E-state index is 13.0. The summed E-state index contributed by atoms with van der Waals surface area (Å²) in [7, 11) is -3.63. The Balaban J connectivity index is 1.38. The van der Waals surface area contributed by atoms with Crippen molar-refractivity contribution in [1.82, 2.24) is 9.21 Å². The smallest absolute Gasteiger partial charge is 0.338 e. The summed E-state index contributed by atoms with van der Waals surface area (Å²) in [6.07, 6.45) is 0.850. The van der Waals surface area contributed by atoms with E-state index in [0.29, 0.717) is 38.0 Å². The number of amides is 1. The summed E-state index contributed by atoms with van der Waals surface area (Å²) in [5.74, 6) is -0.279. The number of sulfonamides is 1. The molecule has 4 rings (SSSR count). The predicted molar refractivity (Wildman–Crippen MR) is 129 cm³/mol. The van der Waals surface area contributed by atoms with Crippen molar-refractivity contribution in [2.24, 2.45) is 11.8 Å². The second-order valence-electron chi connectivity index (χ2n) is 9.62. The van der Waals surface area contributed by atoms with Crippen LogP contribution in [-0.2, 0) is 32.5 Å². The first kappa shape index (κ1) is 24.4. The van der Waals surface area contributed by atoms with Crippen LogP contribution in [0.25, 0.3) is 0 Å². The summed E-state index contributed by atoms with van der Waals surface area (Å²) in [6.45, 7) is 7.76. The highest BCUT2D eigenvalue weighted by molar-refractivity contribution is 7.89. The lowest BCUT2D eigenvalue weighted by Gasteiger charge is -2.34. The highest BCUT2D eigenvalue weighted by atomic mass is 32.2. The van der Waals surface area contributed by atoms with Gasteiger partial charge >= 0.3 is 5.97 Å². The van der Waals surface area contributed by atoms with Crippen molar-refractivity contribution in [2.45, 2.75) is 51.2 Å². The lowest BCUT2D eigenvalue weighted by atomic mass is 9.94. The van der Waals surface area contributed by atoms with E-state index < -0.39 is 22.1 Å². The molecule has 1 amide bonds. The van der Waals surface area contributed by atoms with Crippen LogP contribution in [0.4, 0.5) is 0 Å². The first-order chi connectivity index (χ1) is 16.1. The lowest BCUT2D eigenvalue weighted by molar-refractivity contribution is -0.140. The van der Waals surface area contributed by atoms with Crippen molar-refractivity contribution in [3.63, 3.8) is 0 Å². The minimum atomic E-state index is -3.63. The Morgan fingerprint density at radius 1 is 0.971 bits per heavy atom. The molecule has 0 bridgehead atoms. The van der Waals surface area contributed by atoms with Gasteiger partial charge in [0.25, 0.3) is 5.91 Å². The molecule has 2 aromatic carbocycles. The van der Waals surface area contributed by atoms with E-state index >= 15 is 0 Å². The Morgan fingerprint density at radius 3 is 2.24 bits per heavy atom. The zero-order valence-corrected chi connectivity index (χ0v) is 20.8. The molecule has 2 aliphatic heterocycles. The minimum Gasteiger partial charge on any atom is -0.449 e. The van der Waals surface area contributed by atoms with Crippen LogP contribution in [0.15, 0.2) is 53.4 Å². The van der Waals surface area contributed by atoms with Crippen molar-refractivity contribution in [2.75, 3.05) is 19.6 Å². The summed E-state index contributed by atoms with van der Waals surface area (Å²) in [4.78, 5) is 27.3. The number of nitrogens with zero attached hydrogens (tertiary/aromatic N) is 2. The van der Waals surface area contributed by atoms with E-state index in [-0.39, 0.29) is 16.4 Å². The molecule has 0 radical (unpaired) electrons. The van der Waals surface area contributed by atoms with Gasteiger partial charge in [0, 0.05) is 26.2 Å². The van der Waals surface area contributed by atoms with Gasteiger partial charge in [-0.15, -0.1) is 0 Å². The first-order valence-electron chi connectivity index (χ1n) is 11.8. The molecule has 0 aliphatic carbocycles. The van der Waals surface area contributed by atoms with Gasteiger partial charge < -0.3 is 9.64 Å². The summed E-state index contributed by atoms with van der Waals surface area (Å²) in [5, 5.41) is 0. The lowest BCUT2D eigenvalue weighted by Crippen LogP contribution is -2.42. The number of rotatable bonds is 5. The van der Waals surface area contributed by atoms with Gasteiger partial charge in [0.2, 0.25) is 10.0 Å². The van der Waals surface area contributed by atoms with Gasteiger partial charge in [-0.2, -0.15) is 4.31 Å². The normalized spacial score (nSPS) is 22.0. The Labute approximate surface area is 201 Å². The number of carbonyl (C=O) groups is 2. The fourth-order valence-electron chi connectivity index (χ4n) is 4.93. The summed E-state index contributed by atoms with van der Waals surface area (Å²) in [5.41, 5.74) is 2.55. The van der Waals surface area contributed by atoms with E-state index in [2.05, 4.69) is 19.9 Å². The number of benzene rings is 2. The minimum absolute atomic E-state index is 0.154. The number of fused-ring (bicyclic) bond motifs is 1. The fourth-order valence-corrected chi connectivity index (χ4v) is 6.61. The standard InChI is InChI=1S/C26H32N2O5S/c1-18-14-19(2)16-28(15-18)34(31,32)24-10-8-22(9-11-24)26(30)33-20(3)25(29)27-13-12-21-6-4-5-7-23(21)17-27/h4-11,18-20H,12-17H2,1-3H3/t18-,19-,20+/m1/s1. The van der Waals surface area contributed by atoms with E-state index in [9.17, 15) is 18.0 Å². The third-order valence-electron chi connectivity index (χ3n) is 6.64. The molecule has 1 fully saturated rings. The van der Waals surface area contributed by atoms with Crippen LogP contribution in [0.2, 0.25) is 0 Å². The molecule has 0 N–H and O–H groups in total. The third kappa shape index (κ3) is 5.18. The molecule has 7 nitrogen and oxygen atoms in total. The van der Waals surface area contributed by atoms with Crippen LogP contribution in [0.5, 0.6) is 0 Å². The van der Waals surface area contributed by atoms with E-state index in [1.165, 1.54) is 34.1 Å². The van der Waals surface area contributed by atoms with E-state index in [1.807, 2.05) is 18.2 Å². The molecule has 8 heteroatoms. The second-order valence-corrected chi connectivity index (χ2v) is 11.6. The van der Waals surface area contributed by atoms with Crippen molar-refractivity contribution >= 4 is 21.9 Å². The van der Waals surface area contributed by atoms with E-state index in [0.717, 1.165) is 18.4 Å². The van der Waals surface area contributed by atoms with Crippen LogP contribution in [0, 0.1) is 11.8 Å². The van der Waals surface area contributed by atoms with Gasteiger partial charge in [-0.1, -0.05) is 38.1 Å². The largest absolute Gasteiger partial charge is 0.449 e. The topological polar surface area (TPSA) is 84.0 Å². The van der Waals surface area contributed by atoms with Gasteiger partial charge in [0.05, 0.1) is 10.5 Å². The van der Waals surface area contributed by atoms with Crippen molar-refractivity contribution in [1.29, 1.82) is 0 Å². The quantitative estimate of drug-likeness (QED) is 0.607. The number of esters is 1. The zero-order chi connectivity index (χ0) is 24.5. The molecule has 182 valence electrons. The Bertz CT molecular complexity index is 1150. The number of carbonyl (C=O) groups excluding carboxylic acids is 2. The van der Waals surface area contributed by atoms with Crippen LogP contribution in [-0.4, -0.2) is 55.2 Å². The Hall–Kier alpha value is -2.71. The second kappa shape index (κ2) is 9.88. The highest BCUT2D eigenvalue weighted by Crippen LogP contribution is 2.27. The van der Waals surface area contributed by atoms with Gasteiger partial charge in [-0.05, 0) is 67.0 Å². The van der Waals surface area contributed by atoms with Crippen molar-refractivity contribution in [3.8, 4) is 0 Å². The van der Waals surface area contributed by atoms with Crippen LogP contribution in [0.3, 0.4) is 0 Å². The van der Waals surface area contributed by atoms with Crippen LogP contribution >= 0.6 is 0 Å². The zero-order valence-electron chi connectivity index (χ0n) is 19.9. The first-order valence-corrected chi connectivity index (χ1v) is 13.3. The molecule has 0 saturated carbocycles. The molecule has 3 atom stereocenters. The molecular formula is C26H32N2O5S. The fraction of sp³-hybridized carbons (Fsp3) is 0.462. The van der Waals surface area contributed by atoms with Gasteiger partial charge in [-0.3, -0.25) is 4.79 Å². The molecule has 2 aromatic rings. The van der Waals surface area contributed by atoms with Crippen LogP contribution < -0.4 is 0 Å². The molecule has 1 saturated heterocycles. The van der Waals surface area contributed by atoms with Crippen molar-refractivity contribution < 1.29 is 22.7 Å². The maximum absolute atomic E-state index is 13.0. The molecule has 34 heavy (non-hydrogen) atoms. The molecule has 0 aromatic heterocycles. The summed E-state index contributed by atoms with van der Waals surface area (Å²) >= 11 is 0. The molecule has 0 unspecified atom stereocenters. The Morgan fingerprint density at radius 2 is 1.59 bits per heavy atom. The maximum Gasteiger partial charge on any atom is 0.338 e.